The molecule has 0 saturated carbocycles. The molecule has 4 nitrogen and oxygen atoms in total. The summed E-state index contributed by atoms with van der Waals surface area (Å²) in [6, 6.07) is 8.56. The molecular formula is C16H26N2O2. The highest BCUT2D eigenvalue weighted by molar-refractivity contribution is 5.31. The van der Waals surface area contributed by atoms with E-state index < -0.39 is 0 Å². The minimum atomic E-state index is 0.250. The third-order valence-corrected chi connectivity index (χ3v) is 3.89. The highest BCUT2D eigenvalue weighted by Gasteiger charge is 2.28. The largest absolute Gasteiger partial charge is 0.494 e. The number of rotatable bonds is 7. The summed E-state index contributed by atoms with van der Waals surface area (Å²) in [4.78, 5) is 2.41. The zero-order valence-electron chi connectivity index (χ0n) is 12.5. The van der Waals surface area contributed by atoms with Crippen LogP contribution in [0.1, 0.15) is 31.4 Å². The van der Waals surface area contributed by atoms with Gasteiger partial charge >= 0.3 is 0 Å². The number of nitrogens with two attached hydrogens (primary N) is 1. The van der Waals surface area contributed by atoms with E-state index in [1.165, 1.54) is 5.56 Å². The number of hydrogen-bond donors (Lipinski definition) is 1. The lowest BCUT2D eigenvalue weighted by atomic mass is 10.1. The van der Waals surface area contributed by atoms with Crippen molar-refractivity contribution in [3.63, 3.8) is 0 Å². The van der Waals surface area contributed by atoms with E-state index in [9.17, 15) is 0 Å². The van der Waals surface area contributed by atoms with Gasteiger partial charge in [-0.1, -0.05) is 19.1 Å². The Balaban J connectivity index is 2.07. The van der Waals surface area contributed by atoms with Gasteiger partial charge in [0.05, 0.1) is 12.7 Å². The smallest absolute Gasteiger partial charge is 0.119 e. The maximum atomic E-state index is 6.00. The maximum absolute atomic E-state index is 6.00. The Bertz CT molecular complexity index is 411. The predicted molar refractivity (Wildman–Crippen MR) is 81.0 cm³/mol. The maximum Gasteiger partial charge on any atom is 0.119 e. The molecule has 4 heteroatoms. The standard InChI is InChI=1S/C16H26N2O2/c1-3-9-20-14-6-4-5-13(10-14)16(11-17)18-8-7-15(12-18)19-2/h4-6,10,15-16H,3,7-9,11-12,17H2,1-2H3. The lowest BCUT2D eigenvalue weighted by molar-refractivity contribution is 0.101. The lowest BCUT2D eigenvalue weighted by Gasteiger charge is -2.27. The van der Waals surface area contributed by atoms with Crippen LogP contribution in [0.25, 0.3) is 0 Å². The van der Waals surface area contributed by atoms with Crippen LogP contribution in [0.15, 0.2) is 24.3 Å². The molecule has 0 radical (unpaired) electrons. The summed E-state index contributed by atoms with van der Waals surface area (Å²) in [6.45, 7) is 5.49. The molecule has 1 aromatic carbocycles. The van der Waals surface area contributed by atoms with Gasteiger partial charge in [0.15, 0.2) is 0 Å². The third-order valence-electron chi connectivity index (χ3n) is 3.89. The number of likely N-dealkylation sites (tertiary alicyclic amines) is 1. The monoisotopic (exact) mass is 278 g/mol. The zero-order valence-corrected chi connectivity index (χ0v) is 12.5. The number of benzene rings is 1. The van der Waals surface area contributed by atoms with Gasteiger partial charge in [-0.05, 0) is 30.5 Å². The van der Waals surface area contributed by atoms with Crippen LogP contribution in [-0.4, -0.2) is 44.4 Å². The average molecular weight is 278 g/mol. The van der Waals surface area contributed by atoms with Crippen molar-refractivity contribution in [2.45, 2.75) is 31.9 Å². The van der Waals surface area contributed by atoms with Crippen molar-refractivity contribution >= 4 is 0 Å². The topological polar surface area (TPSA) is 47.7 Å². The average Bonchev–Trinajstić information content (AvgIpc) is 2.95. The van der Waals surface area contributed by atoms with Crippen LogP contribution >= 0.6 is 0 Å². The van der Waals surface area contributed by atoms with E-state index >= 15 is 0 Å². The second-order valence-corrected chi connectivity index (χ2v) is 5.31. The molecule has 2 unspecified atom stereocenters. The predicted octanol–water partition coefficient (Wildman–Crippen LogP) is 2.20. The van der Waals surface area contributed by atoms with E-state index in [2.05, 4.69) is 24.0 Å². The van der Waals surface area contributed by atoms with Crippen LogP contribution in [0.4, 0.5) is 0 Å². The van der Waals surface area contributed by atoms with Gasteiger partial charge in [0.2, 0.25) is 0 Å². The molecule has 1 aliphatic heterocycles. The lowest BCUT2D eigenvalue weighted by Crippen LogP contribution is -2.33. The second kappa shape index (κ2) is 7.62. The molecule has 1 heterocycles. The fraction of sp³-hybridized carbons (Fsp3) is 0.625. The summed E-state index contributed by atoms with van der Waals surface area (Å²) < 4.78 is 11.2. The van der Waals surface area contributed by atoms with Crippen molar-refractivity contribution in [2.75, 3.05) is 33.4 Å². The first-order chi connectivity index (χ1) is 9.78. The zero-order chi connectivity index (χ0) is 14.4. The van der Waals surface area contributed by atoms with E-state index in [1.54, 1.807) is 7.11 Å². The molecule has 1 aliphatic rings. The highest BCUT2D eigenvalue weighted by atomic mass is 16.5. The van der Waals surface area contributed by atoms with Crippen LogP contribution in [0.5, 0.6) is 5.75 Å². The van der Waals surface area contributed by atoms with E-state index in [0.29, 0.717) is 12.6 Å². The number of ether oxygens (including phenoxy) is 2. The van der Waals surface area contributed by atoms with E-state index in [1.807, 2.05) is 12.1 Å². The van der Waals surface area contributed by atoms with Crippen LogP contribution in [0.3, 0.4) is 0 Å². The number of nitrogens with zero attached hydrogens (tertiary/aromatic N) is 1. The normalized spacial score (nSPS) is 21.1. The van der Waals surface area contributed by atoms with Crippen LogP contribution < -0.4 is 10.5 Å². The van der Waals surface area contributed by atoms with Gasteiger partial charge < -0.3 is 15.2 Å². The van der Waals surface area contributed by atoms with Crippen molar-refractivity contribution in [3.05, 3.63) is 29.8 Å². The number of hydrogen-bond acceptors (Lipinski definition) is 4. The van der Waals surface area contributed by atoms with E-state index in [0.717, 1.165) is 38.3 Å². The molecule has 0 spiro atoms. The van der Waals surface area contributed by atoms with E-state index in [4.69, 9.17) is 15.2 Å². The van der Waals surface area contributed by atoms with Gasteiger partial charge in [0, 0.05) is 32.8 Å². The fourth-order valence-corrected chi connectivity index (χ4v) is 2.76. The number of methoxy groups -OCH3 is 1. The summed E-state index contributed by atoms with van der Waals surface area (Å²) in [6.07, 6.45) is 2.44. The second-order valence-electron chi connectivity index (χ2n) is 5.31. The fourth-order valence-electron chi connectivity index (χ4n) is 2.76. The van der Waals surface area contributed by atoms with Crippen molar-refractivity contribution in [2.24, 2.45) is 5.73 Å². The molecule has 2 rings (SSSR count). The quantitative estimate of drug-likeness (QED) is 0.830. The van der Waals surface area contributed by atoms with Crippen LogP contribution in [0.2, 0.25) is 0 Å². The Hall–Kier alpha value is -1.10. The van der Waals surface area contributed by atoms with Gasteiger partial charge in [-0.15, -0.1) is 0 Å². The van der Waals surface area contributed by atoms with E-state index in [-0.39, 0.29) is 6.04 Å². The van der Waals surface area contributed by atoms with Crippen molar-refractivity contribution < 1.29 is 9.47 Å². The van der Waals surface area contributed by atoms with Crippen molar-refractivity contribution in [1.82, 2.24) is 4.90 Å². The molecule has 0 aromatic heterocycles. The van der Waals surface area contributed by atoms with Gasteiger partial charge in [0.25, 0.3) is 0 Å². The molecule has 0 bridgehead atoms. The Kier molecular flexibility index (Phi) is 5.83. The molecule has 20 heavy (non-hydrogen) atoms. The summed E-state index contributed by atoms with van der Waals surface area (Å²) in [5.74, 6) is 0.935. The summed E-state index contributed by atoms with van der Waals surface area (Å²) in [5, 5.41) is 0. The molecular weight excluding hydrogens is 252 g/mol. The molecule has 1 aromatic rings. The summed E-state index contributed by atoms with van der Waals surface area (Å²) >= 11 is 0. The molecule has 112 valence electrons. The first-order valence-corrected chi connectivity index (χ1v) is 7.48. The molecule has 2 atom stereocenters. The minimum Gasteiger partial charge on any atom is -0.494 e. The van der Waals surface area contributed by atoms with Gasteiger partial charge in [-0.3, -0.25) is 4.90 Å². The molecule has 0 aliphatic carbocycles. The van der Waals surface area contributed by atoms with Gasteiger partial charge in [-0.2, -0.15) is 0 Å². The van der Waals surface area contributed by atoms with Gasteiger partial charge in [-0.25, -0.2) is 0 Å². The van der Waals surface area contributed by atoms with Crippen LogP contribution in [0, 0.1) is 0 Å². The van der Waals surface area contributed by atoms with Crippen LogP contribution in [-0.2, 0) is 4.74 Å². The first kappa shape index (κ1) is 15.3. The Labute approximate surface area is 121 Å². The summed E-state index contributed by atoms with van der Waals surface area (Å²) in [7, 11) is 1.78. The van der Waals surface area contributed by atoms with Gasteiger partial charge in [0.1, 0.15) is 5.75 Å². The Morgan fingerprint density at radius 2 is 2.30 bits per heavy atom. The van der Waals surface area contributed by atoms with Crippen molar-refractivity contribution in [1.29, 1.82) is 0 Å². The molecule has 0 amide bonds. The first-order valence-electron chi connectivity index (χ1n) is 7.48. The molecule has 2 N–H and O–H groups in total. The Morgan fingerprint density at radius 1 is 1.45 bits per heavy atom. The van der Waals surface area contributed by atoms with Crippen molar-refractivity contribution in [3.8, 4) is 5.75 Å². The molecule has 1 saturated heterocycles. The summed E-state index contributed by atoms with van der Waals surface area (Å²) in [5.41, 5.74) is 7.23. The Morgan fingerprint density at radius 3 is 2.95 bits per heavy atom. The highest BCUT2D eigenvalue weighted by Crippen LogP contribution is 2.27. The minimum absolute atomic E-state index is 0.250. The third kappa shape index (κ3) is 3.72. The molecule has 1 fully saturated rings. The SMILES string of the molecule is CCCOc1cccc(C(CN)N2CCC(OC)C2)c1.